The molecule has 1 aromatic rings. The molecule has 0 radical (unpaired) electrons. The van der Waals surface area contributed by atoms with E-state index >= 15 is 0 Å². The van der Waals surface area contributed by atoms with Crippen LogP contribution in [0.1, 0.15) is 27.2 Å². The fourth-order valence-corrected chi connectivity index (χ4v) is 1.91. The number of aliphatic hydroxyl groups excluding tert-OH is 1. The molecule has 1 aromatic carbocycles. The number of carbonyl (C=O) groups excluding carboxylic acids is 1. The van der Waals surface area contributed by atoms with E-state index in [-0.39, 0.29) is 31.0 Å². The molecule has 0 fully saturated rings. The van der Waals surface area contributed by atoms with Crippen LogP contribution in [0.5, 0.6) is 5.75 Å². The predicted octanol–water partition coefficient (Wildman–Crippen LogP) is 2.30. The number of hydrogen-bond acceptors (Lipinski definition) is 3. The average molecular weight is 312 g/mol. The van der Waals surface area contributed by atoms with E-state index in [0.717, 1.165) is 0 Å². The van der Waals surface area contributed by atoms with Gasteiger partial charge in [-0.3, -0.25) is 0 Å². The second-order valence-corrected chi connectivity index (χ2v) is 5.80. The SMILES string of the molecule is CC(C)CC(O)CNC(=O)NC(C)COc1ccc(F)cc1. The summed E-state index contributed by atoms with van der Waals surface area (Å²) in [5.41, 5.74) is 0. The highest BCUT2D eigenvalue weighted by molar-refractivity contribution is 5.74. The molecule has 0 aliphatic heterocycles. The van der Waals surface area contributed by atoms with Gasteiger partial charge in [0, 0.05) is 6.54 Å². The number of halogens is 1. The number of hydrogen-bond donors (Lipinski definition) is 3. The number of aliphatic hydroxyl groups is 1. The third-order valence-electron chi connectivity index (χ3n) is 2.93. The number of amides is 2. The molecule has 0 aliphatic carbocycles. The highest BCUT2D eigenvalue weighted by Crippen LogP contribution is 2.11. The molecule has 0 heterocycles. The summed E-state index contributed by atoms with van der Waals surface area (Å²) in [4.78, 5) is 11.7. The Morgan fingerprint density at radius 2 is 1.91 bits per heavy atom. The molecule has 0 bridgehead atoms. The zero-order valence-electron chi connectivity index (χ0n) is 13.3. The van der Waals surface area contributed by atoms with E-state index in [1.165, 1.54) is 24.3 Å². The number of carbonyl (C=O) groups is 1. The maximum Gasteiger partial charge on any atom is 0.315 e. The summed E-state index contributed by atoms with van der Waals surface area (Å²) in [7, 11) is 0. The van der Waals surface area contributed by atoms with Crippen LogP contribution in [0.3, 0.4) is 0 Å². The van der Waals surface area contributed by atoms with Crippen molar-refractivity contribution in [2.75, 3.05) is 13.2 Å². The van der Waals surface area contributed by atoms with Gasteiger partial charge in [-0.25, -0.2) is 9.18 Å². The van der Waals surface area contributed by atoms with E-state index in [2.05, 4.69) is 10.6 Å². The van der Waals surface area contributed by atoms with Crippen LogP contribution < -0.4 is 15.4 Å². The monoisotopic (exact) mass is 312 g/mol. The molecule has 6 heteroatoms. The molecule has 22 heavy (non-hydrogen) atoms. The first-order valence-electron chi connectivity index (χ1n) is 7.47. The first kappa shape index (κ1) is 18.2. The number of ether oxygens (including phenoxy) is 1. The van der Waals surface area contributed by atoms with Gasteiger partial charge in [-0.2, -0.15) is 0 Å². The number of nitrogens with one attached hydrogen (secondary N) is 2. The Bertz CT molecular complexity index is 451. The van der Waals surface area contributed by atoms with Gasteiger partial charge in [0.05, 0.1) is 12.1 Å². The summed E-state index contributed by atoms with van der Waals surface area (Å²) in [6.07, 6.45) is 0.0975. The Balaban J connectivity index is 2.22. The minimum absolute atomic E-state index is 0.215. The lowest BCUT2D eigenvalue weighted by molar-refractivity contribution is 0.146. The summed E-state index contributed by atoms with van der Waals surface area (Å²) < 4.78 is 18.2. The molecule has 0 saturated carbocycles. The molecule has 0 aliphatic rings. The van der Waals surface area contributed by atoms with Crippen molar-refractivity contribution in [3.63, 3.8) is 0 Å². The first-order valence-corrected chi connectivity index (χ1v) is 7.47. The zero-order valence-corrected chi connectivity index (χ0v) is 13.3. The average Bonchev–Trinajstić information content (AvgIpc) is 2.44. The molecular weight excluding hydrogens is 287 g/mol. The Kier molecular flexibility index (Phi) is 7.66. The molecular formula is C16H25FN2O3. The van der Waals surface area contributed by atoms with Crippen molar-refractivity contribution in [2.24, 2.45) is 5.92 Å². The van der Waals surface area contributed by atoms with Crippen LogP contribution in [0, 0.1) is 11.7 Å². The third kappa shape index (κ3) is 7.83. The van der Waals surface area contributed by atoms with E-state index < -0.39 is 6.10 Å². The number of urea groups is 1. The van der Waals surface area contributed by atoms with Crippen LogP contribution in [-0.4, -0.2) is 36.4 Å². The van der Waals surface area contributed by atoms with Crippen molar-refractivity contribution in [2.45, 2.75) is 39.3 Å². The number of rotatable bonds is 8. The second kappa shape index (κ2) is 9.25. The molecule has 2 amide bonds. The van der Waals surface area contributed by atoms with Gasteiger partial charge in [-0.05, 0) is 43.5 Å². The minimum Gasteiger partial charge on any atom is -0.491 e. The van der Waals surface area contributed by atoms with Crippen LogP contribution in [0.2, 0.25) is 0 Å². The summed E-state index contributed by atoms with van der Waals surface area (Å²) in [5.74, 6) is 0.601. The van der Waals surface area contributed by atoms with Gasteiger partial charge in [0.1, 0.15) is 18.2 Å². The topological polar surface area (TPSA) is 70.6 Å². The van der Waals surface area contributed by atoms with Gasteiger partial charge in [0.25, 0.3) is 0 Å². The Morgan fingerprint density at radius 1 is 1.27 bits per heavy atom. The fourth-order valence-electron chi connectivity index (χ4n) is 1.91. The van der Waals surface area contributed by atoms with Crippen molar-refractivity contribution < 1.29 is 19.0 Å². The molecule has 2 unspecified atom stereocenters. The van der Waals surface area contributed by atoms with Crippen LogP contribution in [0.15, 0.2) is 24.3 Å². The maximum absolute atomic E-state index is 12.7. The summed E-state index contributed by atoms with van der Waals surface area (Å²) in [6.45, 7) is 6.31. The smallest absolute Gasteiger partial charge is 0.315 e. The van der Waals surface area contributed by atoms with Crippen molar-refractivity contribution in [1.29, 1.82) is 0 Å². The normalized spacial score (nSPS) is 13.5. The van der Waals surface area contributed by atoms with E-state index in [1.54, 1.807) is 6.92 Å². The van der Waals surface area contributed by atoms with Gasteiger partial charge in [0.15, 0.2) is 0 Å². The van der Waals surface area contributed by atoms with Gasteiger partial charge < -0.3 is 20.5 Å². The Hall–Kier alpha value is -1.82. The van der Waals surface area contributed by atoms with Gasteiger partial charge in [-0.15, -0.1) is 0 Å². The van der Waals surface area contributed by atoms with Gasteiger partial charge in [-0.1, -0.05) is 13.8 Å². The molecule has 0 aromatic heterocycles. The molecule has 1 rings (SSSR count). The van der Waals surface area contributed by atoms with E-state index in [0.29, 0.717) is 18.1 Å². The zero-order chi connectivity index (χ0) is 16.5. The van der Waals surface area contributed by atoms with Crippen molar-refractivity contribution in [3.05, 3.63) is 30.1 Å². The lowest BCUT2D eigenvalue weighted by Crippen LogP contribution is -2.45. The van der Waals surface area contributed by atoms with Crippen LogP contribution in [0.25, 0.3) is 0 Å². The Labute approximate surface area is 130 Å². The van der Waals surface area contributed by atoms with E-state index in [4.69, 9.17) is 4.74 Å². The van der Waals surface area contributed by atoms with Crippen molar-refractivity contribution in [3.8, 4) is 5.75 Å². The fraction of sp³-hybridized carbons (Fsp3) is 0.562. The van der Waals surface area contributed by atoms with E-state index in [9.17, 15) is 14.3 Å². The van der Waals surface area contributed by atoms with Crippen LogP contribution in [-0.2, 0) is 0 Å². The number of benzene rings is 1. The largest absolute Gasteiger partial charge is 0.491 e. The Morgan fingerprint density at radius 3 is 2.50 bits per heavy atom. The maximum atomic E-state index is 12.7. The summed E-state index contributed by atoms with van der Waals surface area (Å²) >= 11 is 0. The first-order chi connectivity index (χ1) is 10.4. The van der Waals surface area contributed by atoms with Gasteiger partial charge in [0.2, 0.25) is 0 Å². The second-order valence-electron chi connectivity index (χ2n) is 5.80. The molecule has 2 atom stereocenters. The van der Waals surface area contributed by atoms with E-state index in [1.807, 2.05) is 13.8 Å². The van der Waals surface area contributed by atoms with Crippen molar-refractivity contribution >= 4 is 6.03 Å². The lowest BCUT2D eigenvalue weighted by Gasteiger charge is -2.17. The van der Waals surface area contributed by atoms with Crippen molar-refractivity contribution in [1.82, 2.24) is 10.6 Å². The molecule has 124 valence electrons. The predicted molar refractivity (Wildman–Crippen MR) is 83.4 cm³/mol. The quantitative estimate of drug-likeness (QED) is 0.690. The van der Waals surface area contributed by atoms with Crippen LogP contribution in [0.4, 0.5) is 9.18 Å². The highest BCUT2D eigenvalue weighted by Gasteiger charge is 2.11. The summed E-state index contributed by atoms with van der Waals surface area (Å²) in [5, 5.41) is 15.0. The molecule has 3 N–H and O–H groups in total. The molecule has 5 nitrogen and oxygen atoms in total. The standard InChI is InChI=1S/C16H25FN2O3/c1-11(2)8-14(20)9-18-16(21)19-12(3)10-22-15-6-4-13(17)5-7-15/h4-7,11-12,14,20H,8-10H2,1-3H3,(H2,18,19,21). The van der Waals surface area contributed by atoms with Crippen LogP contribution >= 0.6 is 0 Å². The summed E-state index contributed by atoms with van der Waals surface area (Å²) in [6, 6.07) is 5.13. The third-order valence-corrected chi connectivity index (χ3v) is 2.93. The lowest BCUT2D eigenvalue weighted by atomic mass is 10.1. The van der Waals surface area contributed by atoms with Gasteiger partial charge >= 0.3 is 6.03 Å². The highest BCUT2D eigenvalue weighted by atomic mass is 19.1. The molecule has 0 saturated heterocycles. The minimum atomic E-state index is -0.545. The molecule has 0 spiro atoms.